The van der Waals surface area contributed by atoms with Gasteiger partial charge < -0.3 is 14.8 Å². The number of rotatable bonds is 7. The largest absolute Gasteiger partial charge is 0.462 e. The van der Waals surface area contributed by atoms with Gasteiger partial charge in [0.25, 0.3) is 0 Å². The molecule has 1 aromatic rings. The van der Waals surface area contributed by atoms with Gasteiger partial charge in [0.05, 0.1) is 13.2 Å². The van der Waals surface area contributed by atoms with Gasteiger partial charge in [0.1, 0.15) is 0 Å². The first-order valence-electron chi connectivity index (χ1n) is 6.61. The molecule has 0 fully saturated rings. The van der Waals surface area contributed by atoms with Crippen molar-refractivity contribution < 1.29 is 19.1 Å². The summed E-state index contributed by atoms with van der Waals surface area (Å²) in [5.74, 6) is -1.44. The number of benzene rings is 1. The Bertz CT molecular complexity index is 508. The predicted octanol–water partition coefficient (Wildman–Crippen LogP) is 2.44. The molecule has 114 valence electrons. The minimum atomic E-state index is -0.720. The minimum Gasteiger partial charge on any atom is -0.462 e. The highest BCUT2D eigenvalue weighted by atomic mass is 35.5. The molecular weight excluding hydrogens is 294 g/mol. The number of nitrogens with one attached hydrogen (secondary N) is 1. The third kappa shape index (κ3) is 5.47. The molecule has 0 amide bonds. The Hall–Kier alpha value is -2.01. The maximum absolute atomic E-state index is 11.7. The zero-order chi connectivity index (χ0) is 15.7. The number of carbonyl (C=O) groups excluding carboxylic acids is 2. The number of ether oxygens (including phenoxy) is 2. The summed E-state index contributed by atoms with van der Waals surface area (Å²) in [5.41, 5.74) is 0.674. The van der Waals surface area contributed by atoms with E-state index in [0.29, 0.717) is 11.6 Å². The molecule has 0 atom stereocenters. The molecule has 0 unspecified atom stereocenters. The van der Waals surface area contributed by atoms with Crippen LogP contribution < -0.4 is 5.32 Å². The van der Waals surface area contributed by atoms with Gasteiger partial charge in [-0.3, -0.25) is 0 Å². The van der Waals surface area contributed by atoms with Crippen molar-refractivity contribution in [2.24, 2.45) is 0 Å². The maximum Gasteiger partial charge on any atom is 0.347 e. The molecule has 5 nitrogen and oxygen atoms in total. The second-order valence-corrected chi connectivity index (χ2v) is 4.38. The highest BCUT2D eigenvalue weighted by Gasteiger charge is 2.20. The predicted molar refractivity (Wildman–Crippen MR) is 79.6 cm³/mol. The quantitative estimate of drug-likeness (QED) is 0.363. The molecule has 0 aliphatic rings. The molecule has 0 aromatic heterocycles. The van der Waals surface area contributed by atoms with Gasteiger partial charge in [-0.25, -0.2) is 9.59 Å². The Morgan fingerprint density at radius 2 is 1.71 bits per heavy atom. The van der Waals surface area contributed by atoms with Gasteiger partial charge in [0.2, 0.25) is 0 Å². The molecule has 0 saturated carbocycles. The summed E-state index contributed by atoms with van der Waals surface area (Å²) in [4.78, 5) is 23.4. The lowest BCUT2D eigenvalue weighted by Crippen LogP contribution is -2.21. The van der Waals surface area contributed by atoms with Crippen LogP contribution in [0.15, 0.2) is 36.0 Å². The Labute approximate surface area is 128 Å². The van der Waals surface area contributed by atoms with Gasteiger partial charge in [-0.1, -0.05) is 29.8 Å². The molecule has 6 heteroatoms. The molecule has 0 radical (unpaired) electrons. The summed E-state index contributed by atoms with van der Waals surface area (Å²) < 4.78 is 9.65. The number of esters is 2. The lowest BCUT2D eigenvalue weighted by molar-refractivity contribution is -0.146. The first-order chi connectivity index (χ1) is 10.1. The molecule has 1 rings (SSSR count). The van der Waals surface area contributed by atoms with Crippen molar-refractivity contribution in [2.45, 2.75) is 20.4 Å². The zero-order valence-electron chi connectivity index (χ0n) is 12.0. The molecular formula is C15H18ClNO4. The van der Waals surface area contributed by atoms with Crippen LogP contribution >= 0.6 is 11.6 Å². The lowest BCUT2D eigenvalue weighted by Gasteiger charge is -2.08. The first kappa shape index (κ1) is 17.0. The summed E-state index contributed by atoms with van der Waals surface area (Å²) in [6.45, 7) is 4.07. The molecule has 21 heavy (non-hydrogen) atoms. The SMILES string of the molecule is CCOC(=O)C(=CNCc1ccccc1Cl)C(=O)OCC. The lowest BCUT2D eigenvalue weighted by atomic mass is 10.2. The number of carbonyl (C=O) groups is 2. The fraction of sp³-hybridized carbons (Fsp3) is 0.333. The van der Waals surface area contributed by atoms with Crippen molar-refractivity contribution in [3.05, 3.63) is 46.6 Å². The van der Waals surface area contributed by atoms with Crippen molar-refractivity contribution in [3.63, 3.8) is 0 Å². The van der Waals surface area contributed by atoms with Crippen molar-refractivity contribution in [2.75, 3.05) is 13.2 Å². The van der Waals surface area contributed by atoms with Gasteiger partial charge in [-0.2, -0.15) is 0 Å². The van der Waals surface area contributed by atoms with Crippen LogP contribution in [0.2, 0.25) is 5.02 Å². The van der Waals surface area contributed by atoms with Gasteiger partial charge in [0, 0.05) is 17.8 Å². The number of hydrogen-bond acceptors (Lipinski definition) is 5. The molecule has 1 aromatic carbocycles. The fourth-order valence-corrected chi connectivity index (χ4v) is 1.73. The Balaban J connectivity index is 2.76. The first-order valence-corrected chi connectivity index (χ1v) is 6.99. The average Bonchev–Trinajstić information content (AvgIpc) is 2.45. The van der Waals surface area contributed by atoms with Crippen LogP contribution in [0, 0.1) is 0 Å². The Morgan fingerprint density at radius 3 is 2.24 bits per heavy atom. The fourth-order valence-electron chi connectivity index (χ4n) is 1.52. The summed E-state index contributed by atoms with van der Waals surface area (Å²) in [7, 11) is 0. The van der Waals surface area contributed by atoms with Gasteiger partial charge in [-0.15, -0.1) is 0 Å². The average molecular weight is 312 g/mol. The van der Waals surface area contributed by atoms with Crippen LogP contribution in [-0.2, 0) is 25.6 Å². The van der Waals surface area contributed by atoms with Gasteiger partial charge >= 0.3 is 11.9 Å². The van der Waals surface area contributed by atoms with E-state index < -0.39 is 11.9 Å². The van der Waals surface area contributed by atoms with Crippen LogP contribution in [0.1, 0.15) is 19.4 Å². The third-order valence-electron chi connectivity index (χ3n) is 2.49. The van der Waals surface area contributed by atoms with E-state index in [1.165, 1.54) is 6.20 Å². The second kappa shape index (κ2) is 9.02. The van der Waals surface area contributed by atoms with Crippen LogP contribution in [0.3, 0.4) is 0 Å². The van der Waals surface area contributed by atoms with E-state index in [4.69, 9.17) is 21.1 Å². The third-order valence-corrected chi connectivity index (χ3v) is 2.86. The van der Waals surface area contributed by atoms with E-state index in [1.807, 2.05) is 18.2 Å². The second-order valence-electron chi connectivity index (χ2n) is 3.97. The van der Waals surface area contributed by atoms with Crippen molar-refractivity contribution in [1.29, 1.82) is 0 Å². The van der Waals surface area contributed by atoms with E-state index in [0.717, 1.165) is 5.56 Å². The molecule has 0 heterocycles. The van der Waals surface area contributed by atoms with E-state index in [2.05, 4.69) is 5.32 Å². The zero-order valence-corrected chi connectivity index (χ0v) is 12.8. The van der Waals surface area contributed by atoms with Gasteiger partial charge in [0.15, 0.2) is 5.57 Å². The monoisotopic (exact) mass is 311 g/mol. The highest BCUT2D eigenvalue weighted by Crippen LogP contribution is 2.14. The van der Waals surface area contributed by atoms with Crippen LogP contribution in [0.5, 0.6) is 0 Å². The normalized spacial score (nSPS) is 9.67. The van der Waals surface area contributed by atoms with Crippen molar-refractivity contribution in [1.82, 2.24) is 5.32 Å². The van der Waals surface area contributed by atoms with Crippen LogP contribution in [0.4, 0.5) is 0 Å². The minimum absolute atomic E-state index is 0.175. The molecule has 0 bridgehead atoms. The Kier molecular flexibility index (Phi) is 7.32. The van der Waals surface area contributed by atoms with Crippen molar-refractivity contribution in [3.8, 4) is 0 Å². The smallest absolute Gasteiger partial charge is 0.347 e. The van der Waals surface area contributed by atoms with Crippen LogP contribution in [-0.4, -0.2) is 25.2 Å². The molecule has 0 aliphatic carbocycles. The van der Waals surface area contributed by atoms with Crippen LogP contribution in [0.25, 0.3) is 0 Å². The van der Waals surface area contributed by atoms with E-state index >= 15 is 0 Å². The summed E-state index contributed by atoms with van der Waals surface area (Å²) >= 11 is 6.02. The van der Waals surface area contributed by atoms with E-state index in [9.17, 15) is 9.59 Å². The van der Waals surface area contributed by atoms with Gasteiger partial charge in [-0.05, 0) is 25.5 Å². The topological polar surface area (TPSA) is 64.6 Å². The summed E-state index contributed by atoms with van der Waals surface area (Å²) in [6.07, 6.45) is 1.29. The van der Waals surface area contributed by atoms with E-state index in [1.54, 1.807) is 19.9 Å². The van der Waals surface area contributed by atoms with E-state index in [-0.39, 0.29) is 18.8 Å². The van der Waals surface area contributed by atoms with Crippen molar-refractivity contribution >= 4 is 23.5 Å². The maximum atomic E-state index is 11.7. The Morgan fingerprint density at radius 1 is 1.14 bits per heavy atom. The summed E-state index contributed by atoms with van der Waals surface area (Å²) in [6, 6.07) is 7.28. The molecule has 0 saturated heterocycles. The molecule has 0 spiro atoms. The molecule has 0 aliphatic heterocycles. The number of halogens is 1. The number of hydrogen-bond donors (Lipinski definition) is 1. The standard InChI is InChI=1S/C15H18ClNO4/c1-3-20-14(18)12(15(19)21-4-2)10-17-9-11-7-5-6-8-13(11)16/h5-8,10,17H,3-4,9H2,1-2H3. The highest BCUT2D eigenvalue weighted by molar-refractivity contribution is 6.31. The molecule has 1 N–H and O–H groups in total. The summed E-state index contributed by atoms with van der Waals surface area (Å²) in [5, 5.41) is 3.48.